The second kappa shape index (κ2) is 9.89. The second-order valence-corrected chi connectivity index (χ2v) is 5.48. The normalized spacial score (nSPS) is 12.8. The number of aromatic nitrogens is 1. The minimum atomic E-state index is 0.610. The van der Waals surface area contributed by atoms with Crippen LogP contribution in [0.4, 0.5) is 0 Å². The molecular formula is C17H31N3. The zero-order chi connectivity index (χ0) is 14.8. The number of pyridine rings is 1. The highest BCUT2D eigenvalue weighted by atomic mass is 15.2. The number of likely N-dealkylation sites (N-methyl/N-ethyl adjacent to an activating group) is 1. The lowest BCUT2D eigenvalue weighted by atomic mass is 10.1. The maximum atomic E-state index is 4.64. The zero-order valence-corrected chi connectivity index (χ0v) is 13.7. The maximum Gasteiger partial charge on any atom is 0.0547 e. The zero-order valence-electron chi connectivity index (χ0n) is 13.7. The number of rotatable bonds is 10. The van der Waals surface area contributed by atoms with Crippen molar-refractivity contribution in [1.29, 1.82) is 0 Å². The Morgan fingerprint density at radius 3 is 2.60 bits per heavy atom. The van der Waals surface area contributed by atoms with E-state index in [1.54, 1.807) is 0 Å². The summed E-state index contributed by atoms with van der Waals surface area (Å²) >= 11 is 0. The molecule has 1 atom stereocenters. The van der Waals surface area contributed by atoms with Crippen molar-refractivity contribution in [3.8, 4) is 0 Å². The molecule has 0 radical (unpaired) electrons. The van der Waals surface area contributed by atoms with Crippen LogP contribution < -0.4 is 5.32 Å². The highest BCUT2D eigenvalue weighted by molar-refractivity contribution is 5.10. The SMILES string of the molecule is CCCNCC(CCC)N(CC)Cc1cccc(C)n1. The van der Waals surface area contributed by atoms with Crippen LogP contribution in [0.1, 0.15) is 51.4 Å². The van der Waals surface area contributed by atoms with Crippen LogP contribution in [-0.4, -0.2) is 35.6 Å². The summed E-state index contributed by atoms with van der Waals surface area (Å²) < 4.78 is 0. The lowest BCUT2D eigenvalue weighted by molar-refractivity contribution is 0.180. The smallest absolute Gasteiger partial charge is 0.0547 e. The van der Waals surface area contributed by atoms with E-state index in [1.807, 2.05) is 0 Å². The van der Waals surface area contributed by atoms with E-state index < -0.39 is 0 Å². The first-order valence-electron chi connectivity index (χ1n) is 8.08. The number of hydrogen-bond acceptors (Lipinski definition) is 3. The van der Waals surface area contributed by atoms with Gasteiger partial charge in [-0.05, 0) is 45.0 Å². The fourth-order valence-corrected chi connectivity index (χ4v) is 2.59. The Bertz CT molecular complexity index is 365. The van der Waals surface area contributed by atoms with E-state index in [0.717, 1.165) is 31.9 Å². The van der Waals surface area contributed by atoms with E-state index in [2.05, 4.69) is 61.1 Å². The Hall–Kier alpha value is -0.930. The summed E-state index contributed by atoms with van der Waals surface area (Å²) in [7, 11) is 0. The predicted octanol–water partition coefficient (Wildman–Crippen LogP) is 3.38. The molecule has 3 nitrogen and oxygen atoms in total. The average molecular weight is 277 g/mol. The van der Waals surface area contributed by atoms with Crippen molar-refractivity contribution in [3.63, 3.8) is 0 Å². The van der Waals surface area contributed by atoms with Crippen molar-refractivity contribution in [2.75, 3.05) is 19.6 Å². The summed E-state index contributed by atoms with van der Waals surface area (Å²) in [6.07, 6.45) is 3.68. The first-order chi connectivity index (χ1) is 9.71. The van der Waals surface area contributed by atoms with Gasteiger partial charge in [-0.3, -0.25) is 9.88 Å². The summed E-state index contributed by atoms with van der Waals surface area (Å²) in [4.78, 5) is 7.19. The van der Waals surface area contributed by atoms with Crippen LogP contribution in [0.15, 0.2) is 18.2 Å². The van der Waals surface area contributed by atoms with E-state index in [0.29, 0.717) is 6.04 Å². The van der Waals surface area contributed by atoms with Crippen molar-refractivity contribution >= 4 is 0 Å². The molecule has 0 saturated carbocycles. The summed E-state index contributed by atoms with van der Waals surface area (Å²) in [5.41, 5.74) is 2.29. The first kappa shape index (κ1) is 17.1. The molecule has 114 valence electrons. The molecule has 0 amide bonds. The van der Waals surface area contributed by atoms with Gasteiger partial charge in [0, 0.05) is 24.8 Å². The molecule has 1 rings (SSSR count). The summed E-state index contributed by atoms with van der Waals surface area (Å²) in [5, 5.41) is 3.57. The molecule has 0 spiro atoms. The van der Waals surface area contributed by atoms with Crippen LogP contribution in [0.2, 0.25) is 0 Å². The van der Waals surface area contributed by atoms with Gasteiger partial charge >= 0.3 is 0 Å². The molecule has 0 aliphatic heterocycles. The van der Waals surface area contributed by atoms with Gasteiger partial charge in [-0.1, -0.05) is 33.3 Å². The molecule has 1 unspecified atom stereocenters. The number of hydrogen-bond donors (Lipinski definition) is 1. The van der Waals surface area contributed by atoms with E-state index in [9.17, 15) is 0 Å². The molecule has 0 aliphatic rings. The monoisotopic (exact) mass is 277 g/mol. The number of nitrogens with zero attached hydrogens (tertiary/aromatic N) is 2. The molecular weight excluding hydrogens is 246 g/mol. The van der Waals surface area contributed by atoms with Gasteiger partial charge in [0.2, 0.25) is 0 Å². The van der Waals surface area contributed by atoms with E-state index in [4.69, 9.17) is 0 Å². The minimum Gasteiger partial charge on any atom is -0.315 e. The topological polar surface area (TPSA) is 28.2 Å². The van der Waals surface area contributed by atoms with Gasteiger partial charge in [-0.2, -0.15) is 0 Å². The van der Waals surface area contributed by atoms with E-state index >= 15 is 0 Å². The Labute approximate surface area is 124 Å². The molecule has 1 heterocycles. The third kappa shape index (κ3) is 6.02. The Morgan fingerprint density at radius 2 is 2.00 bits per heavy atom. The lowest BCUT2D eigenvalue weighted by Crippen LogP contribution is -2.42. The minimum absolute atomic E-state index is 0.610. The highest BCUT2D eigenvalue weighted by Crippen LogP contribution is 2.11. The molecule has 1 aromatic heterocycles. The standard InChI is InChI=1S/C17H31N3/c1-5-9-17(13-18-12-6-2)20(7-3)14-16-11-8-10-15(4)19-16/h8,10-11,17-18H,5-7,9,12-14H2,1-4H3. The molecule has 0 aliphatic carbocycles. The van der Waals surface area contributed by atoms with Crippen LogP contribution in [0.5, 0.6) is 0 Å². The first-order valence-corrected chi connectivity index (χ1v) is 8.08. The lowest BCUT2D eigenvalue weighted by Gasteiger charge is -2.30. The van der Waals surface area contributed by atoms with Crippen molar-refractivity contribution in [3.05, 3.63) is 29.6 Å². The van der Waals surface area contributed by atoms with Crippen LogP contribution in [0.25, 0.3) is 0 Å². The molecule has 0 saturated heterocycles. The van der Waals surface area contributed by atoms with Gasteiger partial charge < -0.3 is 5.32 Å². The molecule has 0 fully saturated rings. The fraction of sp³-hybridized carbons (Fsp3) is 0.706. The summed E-state index contributed by atoms with van der Waals surface area (Å²) in [5.74, 6) is 0. The molecule has 1 aromatic rings. The molecule has 20 heavy (non-hydrogen) atoms. The quantitative estimate of drug-likeness (QED) is 0.665. The Balaban J connectivity index is 2.63. The van der Waals surface area contributed by atoms with Gasteiger partial charge in [0.1, 0.15) is 0 Å². The highest BCUT2D eigenvalue weighted by Gasteiger charge is 2.16. The average Bonchev–Trinajstić information content (AvgIpc) is 2.44. The largest absolute Gasteiger partial charge is 0.315 e. The second-order valence-electron chi connectivity index (χ2n) is 5.48. The molecule has 1 N–H and O–H groups in total. The molecule has 0 aromatic carbocycles. The molecule has 3 heteroatoms. The van der Waals surface area contributed by atoms with Crippen molar-refractivity contribution in [1.82, 2.24) is 15.2 Å². The van der Waals surface area contributed by atoms with Crippen LogP contribution in [0.3, 0.4) is 0 Å². The molecule has 0 bridgehead atoms. The van der Waals surface area contributed by atoms with Crippen molar-refractivity contribution in [2.24, 2.45) is 0 Å². The van der Waals surface area contributed by atoms with Crippen LogP contribution in [-0.2, 0) is 6.54 Å². The fourth-order valence-electron chi connectivity index (χ4n) is 2.59. The number of aryl methyl sites for hydroxylation is 1. The van der Waals surface area contributed by atoms with E-state index in [-0.39, 0.29) is 0 Å². The maximum absolute atomic E-state index is 4.64. The van der Waals surface area contributed by atoms with Crippen LogP contribution in [0, 0.1) is 6.92 Å². The van der Waals surface area contributed by atoms with Gasteiger partial charge in [0.15, 0.2) is 0 Å². The van der Waals surface area contributed by atoms with Gasteiger partial charge in [-0.25, -0.2) is 0 Å². The van der Waals surface area contributed by atoms with E-state index in [1.165, 1.54) is 25.0 Å². The third-order valence-electron chi connectivity index (χ3n) is 3.66. The van der Waals surface area contributed by atoms with Gasteiger partial charge in [0.05, 0.1) is 5.69 Å². The van der Waals surface area contributed by atoms with Crippen LogP contribution >= 0.6 is 0 Å². The Kier molecular flexibility index (Phi) is 8.47. The summed E-state index contributed by atoms with van der Waals surface area (Å²) in [6.45, 7) is 13.0. The Morgan fingerprint density at radius 1 is 1.20 bits per heavy atom. The van der Waals surface area contributed by atoms with Crippen molar-refractivity contribution < 1.29 is 0 Å². The summed E-state index contributed by atoms with van der Waals surface area (Å²) in [6, 6.07) is 6.92. The number of nitrogens with one attached hydrogen (secondary N) is 1. The third-order valence-corrected chi connectivity index (χ3v) is 3.66. The predicted molar refractivity (Wildman–Crippen MR) is 86.9 cm³/mol. The van der Waals surface area contributed by atoms with Crippen molar-refractivity contribution in [2.45, 2.75) is 59.5 Å². The van der Waals surface area contributed by atoms with Gasteiger partial charge in [0.25, 0.3) is 0 Å². The van der Waals surface area contributed by atoms with Gasteiger partial charge in [-0.15, -0.1) is 0 Å².